The summed E-state index contributed by atoms with van der Waals surface area (Å²) < 4.78 is 40.5. The SMILES string of the molecule is CN(C)CCCN(C(=O)c1ccc(S(=O)(=O)N(C)C)cc1)c1nc2c(F)cccc2s1.Cl. The number of amides is 1. The Morgan fingerprint density at radius 2 is 1.69 bits per heavy atom. The van der Waals surface area contributed by atoms with Crippen LogP contribution in [0, 0.1) is 5.82 Å². The Bertz CT molecular complexity index is 1180. The van der Waals surface area contributed by atoms with Gasteiger partial charge in [-0.25, -0.2) is 22.1 Å². The lowest BCUT2D eigenvalue weighted by Crippen LogP contribution is -2.33. The van der Waals surface area contributed by atoms with Gasteiger partial charge in [0.05, 0.1) is 9.60 Å². The third kappa shape index (κ3) is 5.62. The van der Waals surface area contributed by atoms with Gasteiger partial charge in [-0.15, -0.1) is 12.4 Å². The number of sulfonamides is 1. The third-order valence-corrected chi connectivity index (χ3v) is 7.57. The van der Waals surface area contributed by atoms with Gasteiger partial charge in [0.25, 0.3) is 5.91 Å². The molecule has 0 radical (unpaired) electrons. The highest BCUT2D eigenvalue weighted by molar-refractivity contribution is 7.89. The number of benzene rings is 2. The van der Waals surface area contributed by atoms with Crippen molar-refractivity contribution in [2.24, 2.45) is 0 Å². The van der Waals surface area contributed by atoms with Crippen molar-refractivity contribution >= 4 is 55.0 Å². The van der Waals surface area contributed by atoms with E-state index in [0.717, 1.165) is 10.8 Å². The normalized spacial score (nSPS) is 11.7. The van der Waals surface area contributed by atoms with Crippen LogP contribution >= 0.6 is 23.7 Å². The van der Waals surface area contributed by atoms with Crippen LogP contribution in [-0.4, -0.2) is 69.8 Å². The Hall–Kier alpha value is -2.11. The maximum Gasteiger partial charge on any atom is 0.260 e. The van der Waals surface area contributed by atoms with E-state index >= 15 is 0 Å². The molecule has 0 aliphatic rings. The molecule has 0 aliphatic carbocycles. The molecule has 11 heteroatoms. The Morgan fingerprint density at radius 1 is 1.03 bits per heavy atom. The lowest BCUT2D eigenvalue weighted by atomic mass is 10.2. The average molecular weight is 501 g/mol. The van der Waals surface area contributed by atoms with Crippen molar-refractivity contribution in [3.63, 3.8) is 0 Å². The summed E-state index contributed by atoms with van der Waals surface area (Å²) in [6.07, 6.45) is 0.699. The smallest absolute Gasteiger partial charge is 0.260 e. The quantitative estimate of drug-likeness (QED) is 0.471. The zero-order valence-corrected chi connectivity index (χ0v) is 20.7. The van der Waals surface area contributed by atoms with Crippen molar-refractivity contribution in [1.29, 1.82) is 0 Å². The van der Waals surface area contributed by atoms with Crippen LogP contribution in [0.25, 0.3) is 10.2 Å². The summed E-state index contributed by atoms with van der Waals surface area (Å²) in [7, 11) is 3.21. The van der Waals surface area contributed by atoms with Crippen LogP contribution in [0.2, 0.25) is 0 Å². The largest absolute Gasteiger partial charge is 0.309 e. The number of carbonyl (C=O) groups is 1. The zero-order valence-electron chi connectivity index (χ0n) is 18.3. The molecule has 2 aromatic carbocycles. The summed E-state index contributed by atoms with van der Waals surface area (Å²) in [6.45, 7) is 1.17. The predicted octanol–water partition coefficient (Wildman–Crippen LogP) is 3.71. The molecule has 32 heavy (non-hydrogen) atoms. The second-order valence-electron chi connectivity index (χ2n) is 7.51. The highest BCUT2D eigenvalue weighted by Crippen LogP contribution is 2.31. The first-order valence-corrected chi connectivity index (χ1v) is 11.9. The fourth-order valence-corrected chi connectivity index (χ4v) is 4.89. The third-order valence-electron chi connectivity index (χ3n) is 4.70. The number of halogens is 2. The van der Waals surface area contributed by atoms with Crippen molar-refractivity contribution in [2.45, 2.75) is 11.3 Å². The van der Waals surface area contributed by atoms with Gasteiger partial charge in [0.15, 0.2) is 5.13 Å². The molecule has 0 spiro atoms. The minimum Gasteiger partial charge on any atom is -0.309 e. The highest BCUT2D eigenvalue weighted by Gasteiger charge is 2.23. The minimum absolute atomic E-state index is 0. The van der Waals surface area contributed by atoms with Crippen LogP contribution in [0.4, 0.5) is 9.52 Å². The molecule has 7 nitrogen and oxygen atoms in total. The first kappa shape index (κ1) is 26.1. The summed E-state index contributed by atoms with van der Waals surface area (Å²) in [5, 5.41) is 0.411. The van der Waals surface area contributed by atoms with E-state index in [2.05, 4.69) is 4.98 Å². The topological polar surface area (TPSA) is 73.8 Å². The molecule has 3 aromatic rings. The predicted molar refractivity (Wildman–Crippen MR) is 129 cm³/mol. The second-order valence-corrected chi connectivity index (χ2v) is 10.7. The summed E-state index contributed by atoms with van der Waals surface area (Å²) in [5.41, 5.74) is 0.572. The number of hydrogen-bond acceptors (Lipinski definition) is 6. The average Bonchev–Trinajstić information content (AvgIpc) is 3.16. The fourth-order valence-electron chi connectivity index (χ4n) is 2.98. The van der Waals surface area contributed by atoms with Gasteiger partial charge < -0.3 is 4.90 Å². The van der Waals surface area contributed by atoms with Gasteiger partial charge in [-0.3, -0.25) is 9.69 Å². The molecule has 0 saturated heterocycles. The molecule has 0 atom stereocenters. The molecule has 174 valence electrons. The lowest BCUT2D eigenvalue weighted by Gasteiger charge is -2.21. The molecular weight excluding hydrogens is 475 g/mol. The number of rotatable bonds is 8. The maximum absolute atomic E-state index is 14.1. The zero-order chi connectivity index (χ0) is 22.8. The Kier molecular flexibility index (Phi) is 8.72. The van der Waals surface area contributed by atoms with Gasteiger partial charge in [0.2, 0.25) is 10.0 Å². The lowest BCUT2D eigenvalue weighted by molar-refractivity contribution is 0.0986. The fraction of sp³-hybridized carbons (Fsp3) is 0.333. The number of thiazole rings is 1. The van der Waals surface area contributed by atoms with Crippen LogP contribution in [0.5, 0.6) is 0 Å². The van der Waals surface area contributed by atoms with Crippen molar-refractivity contribution in [3.05, 3.63) is 53.8 Å². The molecule has 0 N–H and O–H groups in total. The van der Waals surface area contributed by atoms with E-state index in [1.54, 1.807) is 12.1 Å². The van der Waals surface area contributed by atoms with E-state index in [0.29, 0.717) is 28.4 Å². The summed E-state index contributed by atoms with van der Waals surface area (Å²) in [4.78, 5) is 21.3. The van der Waals surface area contributed by atoms with E-state index in [4.69, 9.17) is 0 Å². The number of hydrogen-bond donors (Lipinski definition) is 0. The Balaban J connectivity index is 0.00000363. The number of fused-ring (bicyclic) bond motifs is 1. The van der Waals surface area contributed by atoms with Crippen LogP contribution < -0.4 is 4.90 Å². The van der Waals surface area contributed by atoms with Gasteiger partial charge in [0, 0.05) is 26.2 Å². The standard InChI is InChI=1S/C21H25FN4O3S2.ClH/c1-24(2)13-6-14-26(21-23-19-17(22)7-5-8-18(19)30-21)20(27)15-9-11-16(12-10-15)31(28,29)25(3)4;/h5,7-12H,6,13-14H2,1-4H3;1H. The highest BCUT2D eigenvalue weighted by atomic mass is 35.5. The van der Waals surface area contributed by atoms with Crippen LogP contribution in [0.15, 0.2) is 47.4 Å². The van der Waals surface area contributed by atoms with Gasteiger partial charge in [-0.2, -0.15) is 0 Å². The molecule has 0 unspecified atom stereocenters. The number of aromatic nitrogens is 1. The summed E-state index contributed by atoms with van der Waals surface area (Å²) in [6, 6.07) is 10.5. The van der Waals surface area contributed by atoms with E-state index in [1.165, 1.54) is 60.7 Å². The Labute approximate surface area is 197 Å². The molecule has 1 amide bonds. The van der Waals surface area contributed by atoms with Gasteiger partial charge in [0.1, 0.15) is 11.3 Å². The molecule has 3 rings (SSSR count). The molecule has 0 fully saturated rings. The van der Waals surface area contributed by atoms with Gasteiger partial charge in [-0.1, -0.05) is 17.4 Å². The molecule has 1 aromatic heterocycles. The maximum atomic E-state index is 14.1. The molecule has 0 aliphatic heterocycles. The number of para-hydroxylation sites is 1. The van der Waals surface area contributed by atoms with Gasteiger partial charge in [-0.05, 0) is 63.5 Å². The van der Waals surface area contributed by atoms with Crippen molar-refractivity contribution in [1.82, 2.24) is 14.2 Å². The van der Waals surface area contributed by atoms with Crippen LogP contribution in [0.1, 0.15) is 16.8 Å². The number of nitrogens with zero attached hydrogens (tertiary/aromatic N) is 4. The molecule has 1 heterocycles. The van der Waals surface area contributed by atoms with E-state index < -0.39 is 15.8 Å². The molecule has 0 bridgehead atoms. The summed E-state index contributed by atoms with van der Waals surface area (Å²) in [5.74, 6) is -0.744. The first-order chi connectivity index (χ1) is 14.6. The van der Waals surface area contributed by atoms with E-state index in [1.807, 2.05) is 19.0 Å². The van der Waals surface area contributed by atoms with Crippen molar-refractivity contribution in [3.8, 4) is 0 Å². The minimum atomic E-state index is -3.59. The molecule has 0 saturated carbocycles. The first-order valence-electron chi connectivity index (χ1n) is 9.65. The monoisotopic (exact) mass is 500 g/mol. The second kappa shape index (κ2) is 10.7. The van der Waals surface area contributed by atoms with Crippen molar-refractivity contribution in [2.75, 3.05) is 46.2 Å². The summed E-state index contributed by atoms with van der Waals surface area (Å²) >= 11 is 1.25. The van der Waals surface area contributed by atoms with E-state index in [-0.39, 0.29) is 28.7 Å². The van der Waals surface area contributed by atoms with Crippen molar-refractivity contribution < 1.29 is 17.6 Å². The molecular formula is C21H26ClFN4O3S2. The van der Waals surface area contributed by atoms with Crippen LogP contribution in [-0.2, 0) is 10.0 Å². The Morgan fingerprint density at radius 3 is 2.25 bits per heavy atom. The van der Waals surface area contributed by atoms with Gasteiger partial charge >= 0.3 is 0 Å². The number of carbonyl (C=O) groups excluding carboxylic acids is 1. The van der Waals surface area contributed by atoms with Crippen LogP contribution in [0.3, 0.4) is 0 Å². The number of anilines is 1. The van der Waals surface area contributed by atoms with E-state index in [9.17, 15) is 17.6 Å².